The molecule has 0 bridgehead atoms. The summed E-state index contributed by atoms with van der Waals surface area (Å²) in [5.74, 6) is 1.22. The van der Waals surface area contributed by atoms with Gasteiger partial charge in [0, 0.05) is 16.7 Å². The van der Waals surface area contributed by atoms with Crippen molar-refractivity contribution in [1.29, 1.82) is 0 Å². The van der Waals surface area contributed by atoms with E-state index in [0.717, 1.165) is 21.3 Å². The third kappa shape index (κ3) is 4.89. The van der Waals surface area contributed by atoms with Gasteiger partial charge in [-0.3, -0.25) is 4.79 Å². The lowest BCUT2D eigenvalue weighted by atomic mass is 10.2. The van der Waals surface area contributed by atoms with Gasteiger partial charge in [0.1, 0.15) is 0 Å². The molecule has 128 valence electrons. The molecule has 0 aromatic heterocycles. The number of anilines is 1. The molecule has 1 amide bonds. The number of ether oxygens (including phenoxy) is 2. The first-order valence-corrected chi connectivity index (χ1v) is 8.30. The van der Waals surface area contributed by atoms with E-state index in [0.29, 0.717) is 18.0 Å². The van der Waals surface area contributed by atoms with Crippen molar-refractivity contribution in [2.24, 2.45) is 0 Å². The Bertz CT molecular complexity index is 719. The van der Waals surface area contributed by atoms with Gasteiger partial charge in [-0.05, 0) is 58.2 Å². The smallest absolute Gasteiger partial charge is 0.239 e. The van der Waals surface area contributed by atoms with Crippen LogP contribution in [0.25, 0.3) is 0 Å². The first-order valence-electron chi connectivity index (χ1n) is 7.51. The van der Waals surface area contributed by atoms with Gasteiger partial charge in [-0.15, -0.1) is 0 Å². The van der Waals surface area contributed by atoms with E-state index < -0.39 is 0 Å². The highest BCUT2D eigenvalue weighted by Gasteiger charge is 2.07. The highest BCUT2D eigenvalue weighted by Crippen LogP contribution is 2.27. The number of benzene rings is 2. The first kappa shape index (κ1) is 18.1. The summed E-state index contributed by atoms with van der Waals surface area (Å²) >= 11 is 3.48. The molecule has 0 unspecified atom stereocenters. The highest BCUT2D eigenvalue weighted by molar-refractivity contribution is 9.10. The lowest BCUT2D eigenvalue weighted by Gasteiger charge is -2.11. The second kappa shape index (κ2) is 8.59. The number of aryl methyl sites for hydroxylation is 1. The Morgan fingerprint density at radius 2 is 1.83 bits per heavy atom. The molecular weight excluding hydrogens is 372 g/mol. The SMILES string of the molecule is COc1ccc(CNC(=O)CNc2ccc(C)cc2Br)cc1OC. The van der Waals surface area contributed by atoms with Crippen LogP contribution < -0.4 is 20.1 Å². The van der Waals surface area contributed by atoms with Gasteiger partial charge in [0.25, 0.3) is 0 Å². The van der Waals surface area contributed by atoms with Crippen LogP contribution in [0.1, 0.15) is 11.1 Å². The van der Waals surface area contributed by atoms with E-state index in [1.54, 1.807) is 14.2 Å². The van der Waals surface area contributed by atoms with Gasteiger partial charge >= 0.3 is 0 Å². The third-order valence-corrected chi connectivity index (χ3v) is 4.16. The molecule has 0 spiro atoms. The van der Waals surface area contributed by atoms with Gasteiger partial charge < -0.3 is 20.1 Å². The second-order valence-corrected chi connectivity index (χ2v) is 6.16. The van der Waals surface area contributed by atoms with Crippen LogP contribution in [0, 0.1) is 6.92 Å². The molecule has 0 saturated heterocycles. The van der Waals surface area contributed by atoms with Crippen LogP contribution in [0.15, 0.2) is 40.9 Å². The molecule has 24 heavy (non-hydrogen) atoms. The quantitative estimate of drug-likeness (QED) is 0.756. The number of rotatable bonds is 7. The number of nitrogens with one attached hydrogen (secondary N) is 2. The zero-order valence-corrected chi connectivity index (χ0v) is 15.6. The Kier molecular flexibility index (Phi) is 6.49. The molecule has 0 radical (unpaired) electrons. The minimum atomic E-state index is -0.0859. The van der Waals surface area contributed by atoms with Crippen LogP contribution >= 0.6 is 15.9 Å². The summed E-state index contributed by atoms with van der Waals surface area (Å²) in [5.41, 5.74) is 2.99. The van der Waals surface area contributed by atoms with E-state index in [4.69, 9.17) is 9.47 Å². The summed E-state index contributed by atoms with van der Waals surface area (Å²) in [6, 6.07) is 11.5. The molecule has 0 aliphatic heterocycles. The Balaban J connectivity index is 1.87. The molecule has 2 rings (SSSR count). The van der Waals surface area contributed by atoms with E-state index in [1.807, 2.05) is 43.3 Å². The number of hydrogen-bond acceptors (Lipinski definition) is 4. The molecule has 2 N–H and O–H groups in total. The van der Waals surface area contributed by atoms with E-state index in [-0.39, 0.29) is 12.5 Å². The Morgan fingerprint density at radius 3 is 2.50 bits per heavy atom. The summed E-state index contributed by atoms with van der Waals surface area (Å²) in [4.78, 5) is 12.0. The lowest BCUT2D eigenvalue weighted by molar-refractivity contribution is -0.119. The molecule has 0 atom stereocenters. The maximum absolute atomic E-state index is 12.0. The molecule has 0 heterocycles. The van der Waals surface area contributed by atoms with Crippen LogP contribution in [-0.2, 0) is 11.3 Å². The molecule has 0 aliphatic rings. The minimum Gasteiger partial charge on any atom is -0.493 e. The van der Waals surface area contributed by atoms with Crippen molar-refractivity contribution in [3.8, 4) is 11.5 Å². The Labute approximate surface area is 150 Å². The zero-order chi connectivity index (χ0) is 17.5. The van der Waals surface area contributed by atoms with Crippen LogP contribution in [-0.4, -0.2) is 26.7 Å². The van der Waals surface area contributed by atoms with Gasteiger partial charge in [0.05, 0.1) is 20.8 Å². The first-order chi connectivity index (χ1) is 11.5. The molecule has 5 nitrogen and oxygen atoms in total. The fourth-order valence-electron chi connectivity index (χ4n) is 2.19. The van der Waals surface area contributed by atoms with Gasteiger partial charge in [-0.2, -0.15) is 0 Å². The van der Waals surface area contributed by atoms with E-state index in [9.17, 15) is 4.79 Å². The molecule has 2 aromatic carbocycles. The molecule has 6 heteroatoms. The van der Waals surface area contributed by atoms with E-state index in [1.165, 1.54) is 0 Å². The summed E-state index contributed by atoms with van der Waals surface area (Å²) in [6.45, 7) is 2.65. The lowest BCUT2D eigenvalue weighted by Crippen LogP contribution is -2.29. The Morgan fingerprint density at radius 1 is 1.08 bits per heavy atom. The zero-order valence-electron chi connectivity index (χ0n) is 14.0. The van der Waals surface area contributed by atoms with Crippen molar-refractivity contribution in [3.63, 3.8) is 0 Å². The average molecular weight is 393 g/mol. The third-order valence-electron chi connectivity index (χ3n) is 3.50. The fraction of sp³-hybridized carbons (Fsp3) is 0.278. The van der Waals surface area contributed by atoms with Crippen LogP contribution in [0.4, 0.5) is 5.69 Å². The summed E-state index contributed by atoms with van der Waals surface area (Å²) in [5, 5.41) is 5.99. The summed E-state index contributed by atoms with van der Waals surface area (Å²) in [7, 11) is 3.18. The normalized spacial score (nSPS) is 10.2. The van der Waals surface area contributed by atoms with Crippen molar-refractivity contribution in [1.82, 2.24) is 5.32 Å². The highest BCUT2D eigenvalue weighted by atomic mass is 79.9. The van der Waals surface area contributed by atoms with Gasteiger partial charge in [-0.25, -0.2) is 0 Å². The number of carbonyl (C=O) groups is 1. The van der Waals surface area contributed by atoms with E-state index in [2.05, 4.69) is 26.6 Å². The maximum Gasteiger partial charge on any atom is 0.239 e. The minimum absolute atomic E-state index is 0.0859. The largest absolute Gasteiger partial charge is 0.493 e. The van der Waals surface area contributed by atoms with Crippen molar-refractivity contribution in [2.75, 3.05) is 26.1 Å². The van der Waals surface area contributed by atoms with Crippen molar-refractivity contribution in [2.45, 2.75) is 13.5 Å². The monoisotopic (exact) mass is 392 g/mol. The standard InChI is InChI=1S/C18H21BrN2O3/c1-12-4-6-15(14(19)8-12)20-11-18(22)21-10-13-5-7-16(23-2)17(9-13)24-3/h4-9,20H,10-11H2,1-3H3,(H,21,22). The second-order valence-electron chi connectivity index (χ2n) is 5.30. The van der Waals surface area contributed by atoms with Crippen molar-refractivity contribution in [3.05, 3.63) is 52.0 Å². The van der Waals surface area contributed by atoms with Crippen LogP contribution in [0.2, 0.25) is 0 Å². The predicted molar refractivity (Wildman–Crippen MR) is 98.8 cm³/mol. The van der Waals surface area contributed by atoms with E-state index >= 15 is 0 Å². The average Bonchev–Trinajstić information content (AvgIpc) is 2.58. The van der Waals surface area contributed by atoms with Crippen molar-refractivity contribution < 1.29 is 14.3 Å². The molecule has 0 fully saturated rings. The molecule has 0 aliphatic carbocycles. The van der Waals surface area contributed by atoms with Crippen LogP contribution in [0.3, 0.4) is 0 Å². The molecule has 0 saturated carbocycles. The van der Waals surface area contributed by atoms with Crippen LogP contribution in [0.5, 0.6) is 11.5 Å². The number of halogens is 1. The fourth-order valence-corrected chi connectivity index (χ4v) is 2.83. The maximum atomic E-state index is 12.0. The summed E-state index contributed by atoms with van der Waals surface area (Å²) < 4.78 is 11.4. The number of methoxy groups -OCH3 is 2. The summed E-state index contributed by atoms with van der Waals surface area (Å²) in [6.07, 6.45) is 0. The number of hydrogen-bond donors (Lipinski definition) is 2. The number of carbonyl (C=O) groups excluding carboxylic acids is 1. The van der Waals surface area contributed by atoms with Gasteiger partial charge in [-0.1, -0.05) is 12.1 Å². The van der Waals surface area contributed by atoms with Crippen molar-refractivity contribution >= 4 is 27.5 Å². The predicted octanol–water partition coefficient (Wildman–Crippen LogP) is 3.50. The van der Waals surface area contributed by atoms with Gasteiger partial charge in [0.15, 0.2) is 11.5 Å². The number of amides is 1. The molecule has 2 aromatic rings. The topological polar surface area (TPSA) is 59.6 Å². The van der Waals surface area contributed by atoms with Gasteiger partial charge in [0.2, 0.25) is 5.91 Å². The Hall–Kier alpha value is -2.21. The molecular formula is C18H21BrN2O3.